The first-order valence-corrected chi connectivity index (χ1v) is 10.1. The maximum atomic E-state index is 12.2. The van der Waals surface area contributed by atoms with Gasteiger partial charge in [0.1, 0.15) is 11.8 Å². The molecule has 0 atom stereocenters. The van der Waals surface area contributed by atoms with Gasteiger partial charge in [-0.1, -0.05) is 0 Å². The average molecular weight is 406 g/mol. The number of amides is 1. The van der Waals surface area contributed by atoms with E-state index >= 15 is 0 Å². The highest BCUT2D eigenvalue weighted by Crippen LogP contribution is 2.34. The van der Waals surface area contributed by atoms with Gasteiger partial charge in [-0.2, -0.15) is 4.98 Å². The Bertz CT molecular complexity index is 766. The molecule has 1 aromatic rings. The molecule has 0 aromatic carbocycles. The number of rotatable bonds is 5. The summed E-state index contributed by atoms with van der Waals surface area (Å²) in [5, 5.41) is 17.9. The Balaban J connectivity index is 1.63. The Morgan fingerprint density at radius 1 is 1.34 bits per heavy atom. The van der Waals surface area contributed by atoms with E-state index in [-0.39, 0.29) is 29.2 Å². The highest BCUT2D eigenvalue weighted by Gasteiger charge is 2.33. The monoisotopic (exact) mass is 406 g/mol. The van der Waals surface area contributed by atoms with Crippen LogP contribution < -0.4 is 10.6 Å². The molecular formula is C19H30N6O4. The first-order chi connectivity index (χ1) is 13.5. The van der Waals surface area contributed by atoms with Gasteiger partial charge in [0.05, 0.1) is 4.92 Å². The number of hydrogen-bond acceptors (Lipinski definition) is 8. The summed E-state index contributed by atoms with van der Waals surface area (Å²) in [7, 11) is 0. The van der Waals surface area contributed by atoms with Crippen molar-refractivity contribution in [2.24, 2.45) is 0 Å². The van der Waals surface area contributed by atoms with Crippen molar-refractivity contribution in [3.63, 3.8) is 0 Å². The van der Waals surface area contributed by atoms with Gasteiger partial charge in [-0.05, 0) is 59.8 Å². The Labute approximate surface area is 170 Å². The van der Waals surface area contributed by atoms with E-state index in [4.69, 9.17) is 4.74 Å². The summed E-state index contributed by atoms with van der Waals surface area (Å²) < 4.78 is 5.41. The van der Waals surface area contributed by atoms with Gasteiger partial charge in [0.25, 0.3) is 0 Å². The smallest absolute Gasteiger partial charge is 0.410 e. The van der Waals surface area contributed by atoms with Crippen LogP contribution in [-0.2, 0) is 4.74 Å². The predicted octanol–water partition coefficient (Wildman–Crippen LogP) is 3.55. The molecule has 1 amide bonds. The lowest BCUT2D eigenvalue weighted by Gasteiger charge is -2.39. The minimum Gasteiger partial charge on any atom is -0.444 e. The van der Waals surface area contributed by atoms with Crippen LogP contribution in [0.15, 0.2) is 6.20 Å². The van der Waals surface area contributed by atoms with Crippen molar-refractivity contribution in [1.29, 1.82) is 0 Å². The van der Waals surface area contributed by atoms with E-state index in [1.54, 1.807) is 4.90 Å². The van der Waals surface area contributed by atoms with Gasteiger partial charge >= 0.3 is 11.8 Å². The van der Waals surface area contributed by atoms with E-state index in [2.05, 4.69) is 27.5 Å². The van der Waals surface area contributed by atoms with Crippen molar-refractivity contribution < 1.29 is 14.5 Å². The normalized spacial score (nSPS) is 19.2. The second kappa shape index (κ2) is 8.00. The molecule has 1 saturated carbocycles. The number of nitro groups is 1. The van der Waals surface area contributed by atoms with E-state index in [0.29, 0.717) is 31.9 Å². The summed E-state index contributed by atoms with van der Waals surface area (Å²) in [6, 6.07) is -0.0190. The van der Waals surface area contributed by atoms with Crippen LogP contribution in [0.3, 0.4) is 0 Å². The lowest BCUT2D eigenvalue weighted by Crippen LogP contribution is -2.44. The average Bonchev–Trinajstić information content (AvgIpc) is 2.59. The van der Waals surface area contributed by atoms with E-state index in [1.165, 1.54) is 6.20 Å². The summed E-state index contributed by atoms with van der Waals surface area (Å²) in [5.74, 6) is 0.609. The molecule has 0 radical (unpaired) electrons. The van der Waals surface area contributed by atoms with E-state index < -0.39 is 10.5 Å². The summed E-state index contributed by atoms with van der Waals surface area (Å²) in [6.45, 7) is 8.65. The predicted molar refractivity (Wildman–Crippen MR) is 109 cm³/mol. The zero-order valence-electron chi connectivity index (χ0n) is 17.5. The van der Waals surface area contributed by atoms with Crippen molar-refractivity contribution in [2.45, 2.75) is 77.0 Å². The third kappa shape index (κ3) is 5.45. The second-order valence-electron chi connectivity index (χ2n) is 9.11. The Morgan fingerprint density at radius 2 is 2.00 bits per heavy atom. The zero-order valence-corrected chi connectivity index (χ0v) is 17.5. The first kappa shape index (κ1) is 21.1. The maximum Gasteiger partial charge on any atom is 0.410 e. The second-order valence-corrected chi connectivity index (χ2v) is 9.11. The molecule has 3 rings (SSSR count). The summed E-state index contributed by atoms with van der Waals surface area (Å²) in [6.07, 6.45) is 5.43. The molecule has 2 fully saturated rings. The molecule has 0 spiro atoms. The fourth-order valence-electron chi connectivity index (χ4n) is 3.50. The standard InChI is InChI=1S/C19H30N6O4/c1-18(2,3)29-17(26)24-10-6-13(7-11-24)21-15-14(25(27)28)12-20-16(22-15)23-19(4)8-5-9-19/h12-13H,5-11H2,1-4H3,(H2,20,21,22,23). The zero-order chi connectivity index (χ0) is 21.2. The molecule has 2 heterocycles. The highest BCUT2D eigenvalue weighted by molar-refractivity contribution is 5.68. The topological polar surface area (TPSA) is 123 Å². The molecule has 160 valence electrons. The minimum absolute atomic E-state index is 0.0190. The van der Waals surface area contributed by atoms with Gasteiger partial charge in [0.15, 0.2) is 0 Å². The quantitative estimate of drug-likeness (QED) is 0.562. The number of anilines is 2. The third-order valence-corrected chi connectivity index (χ3v) is 5.32. The van der Waals surface area contributed by atoms with Crippen molar-refractivity contribution in [1.82, 2.24) is 14.9 Å². The van der Waals surface area contributed by atoms with E-state index in [9.17, 15) is 14.9 Å². The largest absolute Gasteiger partial charge is 0.444 e. The summed E-state index contributed by atoms with van der Waals surface area (Å²) >= 11 is 0. The molecule has 10 nitrogen and oxygen atoms in total. The fourth-order valence-corrected chi connectivity index (χ4v) is 3.50. The molecule has 1 aliphatic heterocycles. The molecule has 0 bridgehead atoms. The number of piperidine rings is 1. The number of nitrogens with one attached hydrogen (secondary N) is 2. The fraction of sp³-hybridized carbons (Fsp3) is 0.737. The first-order valence-electron chi connectivity index (χ1n) is 10.1. The van der Waals surface area contributed by atoms with Crippen LogP contribution in [0.4, 0.5) is 22.2 Å². The highest BCUT2D eigenvalue weighted by atomic mass is 16.6. The van der Waals surface area contributed by atoms with E-state index in [0.717, 1.165) is 19.3 Å². The number of nitrogens with zero attached hydrogens (tertiary/aromatic N) is 4. The minimum atomic E-state index is -0.534. The molecule has 29 heavy (non-hydrogen) atoms. The van der Waals surface area contributed by atoms with Crippen LogP contribution in [0.5, 0.6) is 0 Å². The molecule has 1 aliphatic carbocycles. The molecule has 2 N–H and O–H groups in total. The number of aromatic nitrogens is 2. The van der Waals surface area contributed by atoms with Crippen molar-refractivity contribution >= 4 is 23.5 Å². The van der Waals surface area contributed by atoms with E-state index in [1.807, 2.05) is 20.8 Å². The number of likely N-dealkylation sites (tertiary alicyclic amines) is 1. The van der Waals surface area contributed by atoms with Gasteiger partial charge in [-0.25, -0.2) is 9.78 Å². The summed E-state index contributed by atoms with van der Waals surface area (Å²) in [5.41, 5.74) is -0.732. The number of carbonyl (C=O) groups is 1. The SMILES string of the molecule is CC1(Nc2ncc([N+](=O)[O-])c(NC3CCN(C(=O)OC(C)(C)C)CC3)n2)CCC1. The van der Waals surface area contributed by atoms with Crippen LogP contribution in [-0.4, -0.2) is 56.2 Å². The molecule has 10 heteroatoms. The lowest BCUT2D eigenvalue weighted by molar-refractivity contribution is -0.384. The maximum absolute atomic E-state index is 12.2. The molecule has 1 saturated heterocycles. The lowest BCUT2D eigenvalue weighted by atomic mass is 9.79. The van der Waals surface area contributed by atoms with Crippen LogP contribution in [0, 0.1) is 10.1 Å². The Kier molecular flexibility index (Phi) is 5.81. The van der Waals surface area contributed by atoms with Crippen molar-refractivity contribution in [3.8, 4) is 0 Å². The summed E-state index contributed by atoms with van der Waals surface area (Å²) in [4.78, 5) is 33.3. The third-order valence-electron chi connectivity index (χ3n) is 5.32. The van der Waals surface area contributed by atoms with Gasteiger partial charge in [0, 0.05) is 24.7 Å². The van der Waals surface area contributed by atoms with Gasteiger partial charge < -0.3 is 20.3 Å². The van der Waals surface area contributed by atoms with Crippen LogP contribution in [0.2, 0.25) is 0 Å². The molecule has 0 unspecified atom stereocenters. The van der Waals surface area contributed by atoms with Crippen LogP contribution in [0.25, 0.3) is 0 Å². The van der Waals surface area contributed by atoms with Gasteiger partial charge in [-0.3, -0.25) is 10.1 Å². The van der Waals surface area contributed by atoms with Crippen LogP contribution >= 0.6 is 0 Å². The molecule has 1 aromatic heterocycles. The van der Waals surface area contributed by atoms with Crippen molar-refractivity contribution in [2.75, 3.05) is 23.7 Å². The Hall–Kier alpha value is -2.65. The number of carbonyl (C=O) groups excluding carboxylic acids is 1. The van der Waals surface area contributed by atoms with Crippen LogP contribution in [0.1, 0.15) is 59.8 Å². The van der Waals surface area contributed by atoms with Gasteiger partial charge in [0.2, 0.25) is 11.8 Å². The molecule has 2 aliphatic rings. The number of hydrogen-bond donors (Lipinski definition) is 2. The van der Waals surface area contributed by atoms with Crippen molar-refractivity contribution in [3.05, 3.63) is 16.3 Å². The van der Waals surface area contributed by atoms with Gasteiger partial charge in [-0.15, -0.1) is 0 Å². The molecular weight excluding hydrogens is 376 g/mol. The Morgan fingerprint density at radius 3 is 2.52 bits per heavy atom. The number of ether oxygens (including phenoxy) is 1.